The van der Waals surface area contributed by atoms with Gasteiger partial charge >= 0.3 is 0 Å². The molecule has 0 atom stereocenters. The molecule has 1 aromatic rings. The van der Waals surface area contributed by atoms with Crippen LogP contribution in [0.3, 0.4) is 0 Å². The van der Waals surface area contributed by atoms with E-state index in [1.807, 2.05) is 12.1 Å². The normalized spacial score (nSPS) is 17.8. The predicted molar refractivity (Wildman–Crippen MR) is 97.0 cm³/mol. The Morgan fingerprint density at radius 2 is 1.88 bits per heavy atom. The fourth-order valence-corrected chi connectivity index (χ4v) is 2.98. The maximum atomic E-state index is 13.3. The van der Waals surface area contributed by atoms with Crippen molar-refractivity contribution in [3.8, 4) is 0 Å². The van der Waals surface area contributed by atoms with Gasteiger partial charge < -0.3 is 15.4 Å². The first-order valence-corrected chi connectivity index (χ1v) is 8.92. The molecule has 1 aromatic carbocycles. The largest absolute Gasteiger partial charge is 0.381 e. The van der Waals surface area contributed by atoms with E-state index < -0.39 is 0 Å². The van der Waals surface area contributed by atoms with Gasteiger partial charge in [-0.3, -0.25) is 4.99 Å². The first-order chi connectivity index (χ1) is 11.6. The fourth-order valence-electron chi connectivity index (χ4n) is 2.98. The summed E-state index contributed by atoms with van der Waals surface area (Å²) in [7, 11) is 0. The number of aliphatic imine (C=N–C) groups is 1. The third-order valence-corrected chi connectivity index (χ3v) is 4.47. The summed E-state index contributed by atoms with van der Waals surface area (Å²) >= 11 is 0. The average molecular weight is 335 g/mol. The van der Waals surface area contributed by atoms with Crippen LogP contribution < -0.4 is 10.6 Å². The molecule has 0 radical (unpaired) electrons. The first kappa shape index (κ1) is 18.7. The van der Waals surface area contributed by atoms with Crippen molar-refractivity contribution in [3.63, 3.8) is 0 Å². The van der Waals surface area contributed by atoms with Gasteiger partial charge in [-0.2, -0.15) is 0 Å². The van der Waals surface area contributed by atoms with Gasteiger partial charge in [-0.15, -0.1) is 0 Å². The van der Waals surface area contributed by atoms with Gasteiger partial charge in [0.15, 0.2) is 5.96 Å². The van der Waals surface area contributed by atoms with E-state index >= 15 is 0 Å². The molecule has 0 bridgehead atoms. The van der Waals surface area contributed by atoms with Crippen molar-refractivity contribution >= 4 is 5.96 Å². The molecular weight excluding hydrogens is 305 g/mol. The van der Waals surface area contributed by atoms with Gasteiger partial charge in [0.2, 0.25) is 0 Å². The summed E-state index contributed by atoms with van der Waals surface area (Å²) in [6.45, 7) is 10.3. The molecule has 1 fully saturated rings. The van der Waals surface area contributed by atoms with Crippen LogP contribution in [-0.4, -0.2) is 38.8 Å². The Labute approximate surface area is 144 Å². The SMILES string of the molecule is CCNC(=NCC1(c2ccc(F)cc2)CCOCC1)NCC(C)C. The van der Waals surface area contributed by atoms with Crippen LogP contribution in [0.1, 0.15) is 39.2 Å². The predicted octanol–water partition coefficient (Wildman–Crippen LogP) is 3.09. The molecule has 0 saturated carbocycles. The van der Waals surface area contributed by atoms with E-state index in [4.69, 9.17) is 9.73 Å². The van der Waals surface area contributed by atoms with Gasteiger partial charge in [-0.25, -0.2) is 4.39 Å². The summed E-state index contributed by atoms with van der Waals surface area (Å²) < 4.78 is 18.8. The van der Waals surface area contributed by atoms with E-state index in [9.17, 15) is 4.39 Å². The number of benzene rings is 1. The molecule has 2 rings (SSSR count). The summed E-state index contributed by atoms with van der Waals surface area (Å²) in [6, 6.07) is 6.87. The molecule has 0 spiro atoms. The van der Waals surface area contributed by atoms with Crippen LogP contribution in [0.4, 0.5) is 4.39 Å². The molecule has 24 heavy (non-hydrogen) atoms. The highest BCUT2D eigenvalue weighted by Crippen LogP contribution is 2.35. The molecule has 5 heteroatoms. The lowest BCUT2D eigenvalue weighted by atomic mass is 9.74. The van der Waals surface area contributed by atoms with Crippen molar-refractivity contribution in [1.82, 2.24) is 10.6 Å². The number of nitrogens with one attached hydrogen (secondary N) is 2. The smallest absolute Gasteiger partial charge is 0.191 e. The maximum Gasteiger partial charge on any atom is 0.191 e. The number of ether oxygens (including phenoxy) is 1. The zero-order chi connectivity index (χ0) is 17.4. The molecule has 0 aliphatic carbocycles. The summed E-state index contributed by atoms with van der Waals surface area (Å²) in [6.07, 6.45) is 1.82. The third-order valence-electron chi connectivity index (χ3n) is 4.47. The number of hydrogen-bond donors (Lipinski definition) is 2. The van der Waals surface area contributed by atoms with Crippen molar-refractivity contribution in [1.29, 1.82) is 0 Å². The van der Waals surface area contributed by atoms with E-state index in [1.165, 1.54) is 0 Å². The molecule has 1 heterocycles. The number of guanidine groups is 1. The highest BCUT2D eigenvalue weighted by Gasteiger charge is 2.34. The van der Waals surface area contributed by atoms with E-state index in [0.29, 0.717) is 12.5 Å². The minimum Gasteiger partial charge on any atom is -0.381 e. The van der Waals surface area contributed by atoms with Crippen molar-refractivity contribution in [2.45, 2.75) is 39.0 Å². The molecule has 4 nitrogen and oxygen atoms in total. The van der Waals surface area contributed by atoms with Crippen molar-refractivity contribution in [3.05, 3.63) is 35.6 Å². The Kier molecular flexibility index (Phi) is 7.03. The Morgan fingerprint density at radius 1 is 1.21 bits per heavy atom. The number of nitrogens with zero attached hydrogens (tertiary/aromatic N) is 1. The van der Waals surface area contributed by atoms with E-state index in [-0.39, 0.29) is 11.2 Å². The standard InChI is InChI=1S/C19H30FN3O/c1-4-21-18(22-13-15(2)3)23-14-19(9-11-24-12-10-19)16-5-7-17(20)8-6-16/h5-8,15H,4,9-14H2,1-3H3,(H2,21,22,23). The van der Waals surface area contributed by atoms with Crippen LogP contribution in [-0.2, 0) is 10.2 Å². The molecule has 0 amide bonds. The molecule has 0 aromatic heterocycles. The lowest BCUT2D eigenvalue weighted by molar-refractivity contribution is 0.0531. The lowest BCUT2D eigenvalue weighted by Crippen LogP contribution is -2.42. The molecular formula is C19H30FN3O. The van der Waals surface area contributed by atoms with E-state index in [1.54, 1.807) is 12.1 Å². The Hall–Kier alpha value is -1.62. The highest BCUT2D eigenvalue weighted by molar-refractivity contribution is 5.79. The second kappa shape index (κ2) is 9.02. The Bertz CT molecular complexity index is 522. The van der Waals surface area contributed by atoms with Crippen LogP contribution in [0.5, 0.6) is 0 Å². The summed E-state index contributed by atoms with van der Waals surface area (Å²) in [4.78, 5) is 4.83. The minimum atomic E-state index is -0.198. The van der Waals surface area contributed by atoms with Crippen LogP contribution in [0, 0.1) is 11.7 Å². The third kappa shape index (κ3) is 5.20. The van der Waals surface area contributed by atoms with Gasteiger partial charge in [-0.1, -0.05) is 26.0 Å². The Morgan fingerprint density at radius 3 is 2.46 bits per heavy atom. The van der Waals surface area contributed by atoms with Crippen molar-refractivity contribution < 1.29 is 9.13 Å². The maximum absolute atomic E-state index is 13.3. The molecule has 1 aliphatic heterocycles. The monoisotopic (exact) mass is 335 g/mol. The van der Waals surface area contributed by atoms with E-state index in [0.717, 1.165) is 50.7 Å². The average Bonchev–Trinajstić information content (AvgIpc) is 2.58. The molecule has 2 N–H and O–H groups in total. The topological polar surface area (TPSA) is 45.7 Å². The Balaban J connectivity index is 2.17. The highest BCUT2D eigenvalue weighted by atomic mass is 19.1. The van der Waals surface area contributed by atoms with Gasteiger partial charge in [-0.05, 0) is 43.4 Å². The minimum absolute atomic E-state index is 0.0772. The molecule has 1 aliphatic rings. The summed E-state index contributed by atoms with van der Waals surface area (Å²) in [5, 5.41) is 6.69. The quantitative estimate of drug-likeness (QED) is 0.620. The van der Waals surface area contributed by atoms with E-state index in [2.05, 4.69) is 31.4 Å². The molecule has 134 valence electrons. The van der Waals surface area contributed by atoms with Crippen LogP contribution in [0.25, 0.3) is 0 Å². The molecule has 0 unspecified atom stereocenters. The lowest BCUT2D eigenvalue weighted by Gasteiger charge is -2.36. The van der Waals surface area contributed by atoms with Gasteiger partial charge in [0, 0.05) is 31.7 Å². The van der Waals surface area contributed by atoms with Crippen molar-refractivity contribution in [2.75, 3.05) is 32.8 Å². The molecule has 1 saturated heterocycles. The second-order valence-electron chi connectivity index (χ2n) is 6.87. The zero-order valence-electron chi connectivity index (χ0n) is 15.1. The van der Waals surface area contributed by atoms with Crippen molar-refractivity contribution in [2.24, 2.45) is 10.9 Å². The number of halogens is 1. The van der Waals surface area contributed by atoms with Crippen LogP contribution in [0.2, 0.25) is 0 Å². The van der Waals surface area contributed by atoms with Gasteiger partial charge in [0.05, 0.1) is 6.54 Å². The van der Waals surface area contributed by atoms with Crippen LogP contribution >= 0.6 is 0 Å². The van der Waals surface area contributed by atoms with Gasteiger partial charge in [0.25, 0.3) is 0 Å². The fraction of sp³-hybridized carbons (Fsp3) is 0.632. The zero-order valence-corrected chi connectivity index (χ0v) is 15.1. The first-order valence-electron chi connectivity index (χ1n) is 8.92. The van der Waals surface area contributed by atoms with Gasteiger partial charge in [0.1, 0.15) is 5.82 Å². The summed E-state index contributed by atoms with van der Waals surface area (Å²) in [5.74, 6) is 1.21. The number of hydrogen-bond acceptors (Lipinski definition) is 2. The van der Waals surface area contributed by atoms with Crippen LogP contribution in [0.15, 0.2) is 29.3 Å². The second-order valence-corrected chi connectivity index (χ2v) is 6.87. The number of rotatable bonds is 6. The summed E-state index contributed by atoms with van der Waals surface area (Å²) in [5.41, 5.74) is 1.07.